The molecule has 0 bridgehead atoms. The van der Waals surface area contributed by atoms with Crippen LogP contribution in [-0.4, -0.2) is 26.9 Å². The van der Waals surface area contributed by atoms with Crippen molar-refractivity contribution < 1.29 is 31.8 Å². The third-order valence-electron chi connectivity index (χ3n) is 6.76. The van der Waals surface area contributed by atoms with Gasteiger partial charge in [-0.3, -0.25) is 9.78 Å². The lowest BCUT2D eigenvalue weighted by atomic mass is 9.76. The molecule has 1 saturated heterocycles. The Hall–Kier alpha value is -2.89. The number of pyridine rings is 2. The van der Waals surface area contributed by atoms with Crippen LogP contribution in [0.2, 0.25) is 0 Å². The number of hydrogen-bond donors (Lipinski definition) is 3. The van der Waals surface area contributed by atoms with Gasteiger partial charge in [0.15, 0.2) is 11.0 Å². The summed E-state index contributed by atoms with van der Waals surface area (Å²) in [5.41, 5.74) is 1.65. The van der Waals surface area contributed by atoms with Crippen molar-refractivity contribution in [2.24, 2.45) is 11.7 Å². The highest BCUT2D eigenvalue weighted by Crippen LogP contribution is 2.58. The first-order chi connectivity index (χ1) is 15.8. The van der Waals surface area contributed by atoms with E-state index in [1.54, 1.807) is 0 Å². The van der Waals surface area contributed by atoms with Gasteiger partial charge in [-0.15, -0.1) is 0 Å². The molecule has 6 nitrogen and oxygen atoms in total. The quantitative estimate of drug-likeness (QED) is 0.382. The van der Waals surface area contributed by atoms with Gasteiger partial charge in [0, 0.05) is 35.4 Å². The summed E-state index contributed by atoms with van der Waals surface area (Å²) in [6.07, 6.45) is -6.53. The molecule has 1 unspecified atom stereocenters. The summed E-state index contributed by atoms with van der Waals surface area (Å²) in [6.45, 7) is 3.34. The van der Waals surface area contributed by atoms with Crippen LogP contribution >= 0.6 is 0 Å². The third-order valence-corrected chi connectivity index (χ3v) is 6.76. The van der Waals surface area contributed by atoms with Crippen molar-refractivity contribution in [3.05, 3.63) is 74.8 Å². The van der Waals surface area contributed by atoms with E-state index in [0.717, 1.165) is 25.1 Å². The molecule has 0 saturated carbocycles. The Morgan fingerprint density at radius 1 is 1.26 bits per heavy atom. The molecule has 34 heavy (non-hydrogen) atoms. The van der Waals surface area contributed by atoms with Crippen LogP contribution < -0.4 is 11.2 Å². The molecule has 4 N–H and O–H groups in total. The zero-order valence-corrected chi connectivity index (χ0v) is 18.4. The van der Waals surface area contributed by atoms with Gasteiger partial charge in [-0.25, -0.2) is 8.78 Å². The van der Waals surface area contributed by atoms with Gasteiger partial charge in [0.1, 0.15) is 24.0 Å². The Morgan fingerprint density at radius 3 is 2.56 bits per heavy atom. The Labute approximate surface area is 190 Å². The van der Waals surface area contributed by atoms with E-state index < -0.39 is 53.0 Å². The minimum Gasteiger partial charge on any atom is -0.373 e. The molecular formula is C23H22F5N3O3. The molecular weight excluding hydrogens is 461 g/mol. The molecule has 5 atom stereocenters. The molecule has 0 amide bonds. The molecule has 2 aromatic heterocycles. The number of aliphatic hydroxyl groups is 1. The molecule has 1 fully saturated rings. The fourth-order valence-electron chi connectivity index (χ4n) is 4.63. The number of rotatable bonds is 3. The summed E-state index contributed by atoms with van der Waals surface area (Å²) in [7, 11) is 0. The number of aromatic nitrogens is 2. The molecule has 11 heteroatoms. The van der Waals surface area contributed by atoms with Crippen molar-refractivity contribution in [1.82, 2.24) is 9.97 Å². The highest BCUT2D eigenvalue weighted by molar-refractivity contribution is 5.81. The number of H-pyrrole nitrogens is 1. The maximum Gasteiger partial charge on any atom is 0.417 e. The van der Waals surface area contributed by atoms with Crippen LogP contribution in [0.1, 0.15) is 54.6 Å². The number of aromatic amines is 1. The number of ether oxygens (including phenoxy) is 1. The minimum atomic E-state index is -4.82. The van der Waals surface area contributed by atoms with Crippen molar-refractivity contribution in [2.45, 2.75) is 50.8 Å². The lowest BCUT2D eigenvalue weighted by molar-refractivity contribution is -0.275. The molecule has 182 valence electrons. The molecule has 1 aliphatic heterocycles. The van der Waals surface area contributed by atoms with E-state index in [-0.39, 0.29) is 33.4 Å². The van der Waals surface area contributed by atoms with Gasteiger partial charge in [-0.2, -0.15) is 13.2 Å². The zero-order valence-electron chi connectivity index (χ0n) is 18.4. The van der Waals surface area contributed by atoms with Crippen molar-refractivity contribution in [3.63, 3.8) is 0 Å². The van der Waals surface area contributed by atoms with E-state index in [2.05, 4.69) is 9.97 Å². The number of aliphatic hydroxyl groups excluding tert-OH is 1. The number of benzene rings is 1. The molecule has 0 aliphatic carbocycles. The van der Waals surface area contributed by atoms with Gasteiger partial charge < -0.3 is 20.6 Å². The van der Waals surface area contributed by atoms with E-state index in [1.165, 1.54) is 26.1 Å². The van der Waals surface area contributed by atoms with Crippen molar-refractivity contribution >= 4 is 10.9 Å². The van der Waals surface area contributed by atoms with Crippen molar-refractivity contribution in [1.29, 1.82) is 0 Å². The minimum absolute atomic E-state index is 0.0348. The SMILES string of the molecule is Cc1c(F)ccc([C@H]2[C@H](c3cc(=O)c4c(C(N)O)nccc4[nH]3)O[C@@](C)(C(F)(F)F)[C@H]2C)c1F. The Morgan fingerprint density at radius 2 is 1.94 bits per heavy atom. The molecule has 4 rings (SSSR count). The average Bonchev–Trinajstić information content (AvgIpc) is 3.03. The first kappa shape index (κ1) is 24.2. The molecule has 0 spiro atoms. The van der Waals surface area contributed by atoms with Crippen LogP contribution in [0.5, 0.6) is 0 Å². The van der Waals surface area contributed by atoms with Crippen LogP contribution in [0, 0.1) is 24.5 Å². The largest absolute Gasteiger partial charge is 0.417 e. The predicted molar refractivity (Wildman–Crippen MR) is 113 cm³/mol. The normalized spacial score (nSPS) is 26.2. The lowest BCUT2D eigenvalue weighted by Crippen LogP contribution is -2.46. The van der Waals surface area contributed by atoms with Gasteiger partial charge >= 0.3 is 6.18 Å². The van der Waals surface area contributed by atoms with E-state index in [9.17, 15) is 27.5 Å². The summed E-state index contributed by atoms with van der Waals surface area (Å²) in [5, 5.41) is 9.69. The van der Waals surface area contributed by atoms with E-state index in [4.69, 9.17) is 10.5 Å². The van der Waals surface area contributed by atoms with Gasteiger partial charge in [0.25, 0.3) is 0 Å². The number of fused-ring (bicyclic) bond motifs is 1. The predicted octanol–water partition coefficient (Wildman–Crippen LogP) is 4.27. The standard InChI is InChI=1S/C23H22F5N3O3/c1-9-12(24)5-4-11(18(9)25)16-10(2)22(3,23(26,27)28)34-20(16)14-8-15(32)17-13(31-14)6-7-30-19(17)21(29)33/h4-8,10,16,20-21,33H,29H2,1-3H3,(H,31,32)/t10-,16-,20-,21?,22+/m0/s1. The second kappa shape index (κ2) is 8.10. The number of nitrogens with one attached hydrogen (secondary N) is 1. The van der Waals surface area contributed by atoms with Gasteiger partial charge in [0.05, 0.1) is 16.6 Å². The molecule has 0 radical (unpaired) electrons. The maximum absolute atomic E-state index is 15.1. The van der Waals surface area contributed by atoms with Crippen LogP contribution in [0.4, 0.5) is 22.0 Å². The number of hydrogen-bond acceptors (Lipinski definition) is 5. The second-order valence-corrected chi connectivity index (χ2v) is 8.69. The maximum atomic E-state index is 15.1. The topological polar surface area (TPSA) is 101 Å². The summed E-state index contributed by atoms with van der Waals surface area (Å²) < 4.78 is 76.8. The Balaban J connectivity index is 1.95. The summed E-state index contributed by atoms with van der Waals surface area (Å²) in [5.74, 6) is -4.31. The van der Waals surface area contributed by atoms with Crippen LogP contribution in [-0.2, 0) is 4.74 Å². The Kier molecular flexibility index (Phi) is 5.78. The second-order valence-electron chi connectivity index (χ2n) is 8.69. The molecule has 1 aliphatic rings. The fourth-order valence-corrected chi connectivity index (χ4v) is 4.63. The Bertz CT molecular complexity index is 1320. The highest BCUT2D eigenvalue weighted by atomic mass is 19.4. The lowest BCUT2D eigenvalue weighted by Gasteiger charge is -2.32. The highest BCUT2D eigenvalue weighted by Gasteiger charge is 2.65. The molecule has 3 aromatic rings. The fraction of sp³-hybridized carbons (Fsp3) is 0.391. The van der Waals surface area contributed by atoms with Crippen LogP contribution in [0.25, 0.3) is 10.9 Å². The summed E-state index contributed by atoms with van der Waals surface area (Å²) in [6, 6.07) is 4.51. The number of nitrogens with two attached hydrogens (primary N) is 1. The smallest absolute Gasteiger partial charge is 0.373 e. The van der Waals surface area contributed by atoms with E-state index in [0.29, 0.717) is 0 Å². The summed E-state index contributed by atoms with van der Waals surface area (Å²) >= 11 is 0. The van der Waals surface area contributed by atoms with Crippen LogP contribution in [0.15, 0.2) is 35.3 Å². The number of nitrogens with zero attached hydrogens (tertiary/aromatic N) is 1. The monoisotopic (exact) mass is 483 g/mol. The van der Waals surface area contributed by atoms with E-state index >= 15 is 4.39 Å². The summed E-state index contributed by atoms with van der Waals surface area (Å²) in [4.78, 5) is 19.7. The van der Waals surface area contributed by atoms with Gasteiger partial charge in [-0.1, -0.05) is 13.0 Å². The average molecular weight is 483 g/mol. The first-order valence-electron chi connectivity index (χ1n) is 10.4. The van der Waals surface area contributed by atoms with Crippen molar-refractivity contribution in [3.8, 4) is 0 Å². The van der Waals surface area contributed by atoms with Gasteiger partial charge in [0.2, 0.25) is 0 Å². The number of halogens is 5. The zero-order chi connectivity index (χ0) is 25.2. The number of alkyl halides is 3. The first-order valence-corrected chi connectivity index (χ1v) is 10.4. The van der Waals surface area contributed by atoms with Crippen molar-refractivity contribution in [2.75, 3.05) is 0 Å². The molecule has 1 aromatic carbocycles. The van der Waals surface area contributed by atoms with Gasteiger partial charge in [-0.05, 0) is 31.5 Å². The van der Waals surface area contributed by atoms with E-state index in [1.807, 2.05) is 0 Å². The molecule has 3 heterocycles. The third kappa shape index (κ3) is 3.58. The van der Waals surface area contributed by atoms with Crippen LogP contribution in [0.3, 0.4) is 0 Å².